The third-order valence-electron chi connectivity index (χ3n) is 2.65. The Bertz CT molecular complexity index is 739. The van der Waals surface area contributed by atoms with Crippen LogP contribution in [0.3, 0.4) is 0 Å². The molecule has 0 saturated heterocycles. The van der Waals surface area contributed by atoms with Crippen molar-refractivity contribution >= 4 is 33.6 Å². The Morgan fingerprint density at radius 1 is 1.17 bits per heavy atom. The van der Waals surface area contributed by atoms with Gasteiger partial charge < -0.3 is 10.1 Å². The smallest absolute Gasteiger partial charge is 0.139 e. The molecular formula is C13H8FIN2O. The van der Waals surface area contributed by atoms with E-state index in [-0.39, 0.29) is 11.6 Å². The van der Waals surface area contributed by atoms with Gasteiger partial charge in [0.15, 0.2) is 0 Å². The molecule has 2 aromatic carbocycles. The minimum atomic E-state index is -0.267. The summed E-state index contributed by atoms with van der Waals surface area (Å²) < 4.78 is 13.8. The van der Waals surface area contributed by atoms with Crippen LogP contribution in [-0.4, -0.2) is 15.1 Å². The van der Waals surface area contributed by atoms with Crippen molar-refractivity contribution in [1.82, 2.24) is 9.97 Å². The molecule has 90 valence electrons. The van der Waals surface area contributed by atoms with E-state index in [2.05, 4.69) is 32.6 Å². The zero-order chi connectivity index (χ0) is 12.7. The summed E-state index contributed by atoms with van der Waals surface area (Å²) in [6.07, 6.45) is 0. The molecule has 5 heteroatoms. The van der Waals surface area contributed by atoms with E-state index >= 15 is 0 Å². The Morgan fingerprint density at radius 2 is 2.00 bits per heavy atom. The lowest BCUT2D eigenvalue weighted by Crippen LogP contribution is -1.86. The number of nitrogens with zero attached hydrogens (tertiary/aromatic N) is 1. The van der Waals surface area contributed by atoms with Gasteiger partial charge in [-0.3, -0.25) is 0 Å². The van der Waals surface area contributed by atoms with Crippen molar-refractivity contribution in [2.45, 2.75) is 0 Å². The number of aromatic nitrogens is 2. The van der Waals surface area contributed by atoms with Gasteiger partial charge in [0.25, 0.3) is 0 Å². The lowest BCUT2D eigenvalue weighted by atomic mass is 10.2. The average molecular weight is 354 g/mol. The first kappa shape index (κ1) is 11.5. The normalized spacial score (nSPS) is 11.0. The lowest BCUT2D eigenvalue weighted by molar-refractivity contribution is 0.476. The van der Waals surface area contributed by atoms with Gasteiger partial charge >= 0.3 is 0 Å². The highest BCUT2D eigenvalue weighted by molar-refractivity contribution is 14.1. The summed E-state index contributed by atoms with van der Waals surface area (Å²) in [5.41, 5.74) is 2.36. The minimum Gasteiger partial charge on any atom is -0.508 e. The van der Waals surface area contributed by atoms with Crippen LogP contribution in [0, 0.1) is 9.39 Å². The van der Waals surface area contributed by atoms with Gasteiger partial charge in [-0.25, -0.2) is 9.37 Å². The Labute approximate surface area is 116 Å². The number of phenols is 1. The van der Waals surface area contributed by atoms with Crippen LogP contribution in [0.15, 0.2) is 36.4 Å². The molecule has 0 atom stereocenters. The monoisotopic (exact) mass is 354 g/mol. The SMILES string of the molecule is Oc1ccc2nc(-c3ccc(F)cc3I)[nH]c2c1. The average Bonchev–Trinajstić information content (AvgIpc) is 2.71. The standard InChI is InChI=1S/C13H8FIN2O/c14-7-1-3-9(10(15)5-7)13-16-11-4-2-8(18)6-12(11)17-13/h1-6,18H,(H,16,17). The van der Waals surface area contributed by atoms with Crippen molar-refractivity contribution in [3.8, 4) is 17.1 Å². The maximum atomic E-state index is 13.1. The quantitative estimate of drug-likeness (QED) is 0.655. The van der Waals surface area contributed by atoms with Gasteiger partial charge in [0.1, 0.15) is 17.4 Å². The Balaban J connectivity index is 2.19. The number of aromatic amines is 1. The van der Waals surface area contributed by atoms with Crippen LogP contribution in [0.25, 0.3) is 22.4 Å². The third-order valence-corrected chi connectivity index (χ3v) is 3.54. The van der Waals surface area contributed by atoms with Gasteiger partial charge in [-0.2, -0.15) is 0 Å². The number of hydrogen-bond donors (Lipinski definition) is 2. The molecule has 3 rings (SSSR count). The predicted molar refractivity (Wildman–Crippen MR) is 75.9 cm³/mol. The van der Waals surface area contributed by atoms with E-state index in [9.17, 15) is 9.50 Å². The van der Waals surface area contributed by atoms with E-state index in [0.717, 1.165) is 20.2 Å². The molecule has 0 unspecified atom stereocenters. The number of halogens is 2. The molecule has 3 nitrogen and oxygen atoms in total. The Kier molecular flexibility index (Phi) is 2.70. The largest absolute Gasteiger partial charge is 0.508 e. The van der Waals surface area contributed by atoms with E-state index in [1.165, 1.54) is 12.1 Å². The maximum absolute atomic E-state index is 13.1. The number of fused-ring (bicyclic) bond motifs is 1. The summed E-state index contributed by atoms with van der Waals surface area (Å²) >= 11 is 2.07. The topological polar surface area (TPSA) is 48.9 Å². The molecule has 0 aliphatic heterocycles. The second-order valence-corrected chi connectivity index (χ2v) is 5.07. The van der Waals surface area contributed by atoms with Crippen molar-refractivity contribution in [1.29, 1.82) is 0 Å². The van der Waals surface area contributed by atoms with Gasteiger partial charge in [-0.05, 0) is 52.9 Å². The lowest BCUT2D eigenvalue weighted by Gasteiger charge is -2.00. The van der Waals surface area contributed by atoms with E-state index in [1.807, 2.05) is 0 Å². The maximum Gasteiger partial charge on any atom is 0.139 e. The van der Waals surface area contributed by atoms with Crippen molar-refractivity contribution in [2.24, 2.45) is 0 Å². The molecule has 0 radical (unpaired) electrons. The molecule has 3 aromatic rings. The first-order valence-electron chi connectivity index (χ1n) is 5.27. The number of H-pyrrole nitrogens is 1. The fraction of sp³-hybridized carbons (Fsp3) is 0. The molecule has 2 N–H and O–H groups in total. The van der Waals surface area contributed by atoms with E-state index < -0.39 is 0 Å². The first-order chi connectivity index (χ1) is 8.63. The van der Waals surface area contributed by atoms with Crippen LogP contribution < -0.4 is 0 Å². The van der Waals surface area contributed by atoms with Gasteiger partial charge in [-0.15, -0.1) is 0 Å². The van der Waals surface area contributed by atoms with Gasteiger partial charge in [-0.1, -0.05) is 0 Å². The number of rotatable bonds is 1. The molecule has 1 heterocycles. The highest BCUT2D eigenvalue weighted by Gasteiger charge is 2.09. The second kappa shape index (κ2) is 4.24. The van der Waals surface area contributed by atoms with E-state index in [4.69, 9.17) is 0 Å². The molecule has 0 saturated carbocycles. The number of hydrogen-bond acceptors (Lipinski definition) is 2. The summed E-state index contributed by atoms with van der Waals surface area (Å²) in [5.74, 6) is 0.586. The second-order valence-electron chi connectivity index (χ2n) is 3.91. The predicted octanol–water partition coefficient (Wildman–Crippen LogP) is 3.68. The molecule has 0 bridgehead atoms. The summed E-state index contributed by atoms with van der Waals surface area (Å²) in [7, 11) is 0. The van der Waals surface area contributed by atoms with Crippen molar-refractivity contribution < 1.29 is 9.50 Å². The molecule has 0 spiro atoms. The number of phenolic OH excluding ortho intramolecular Hbond substituents is 1. The van der Waals surface area contributed by atoms with Crippen LogP contribution in [0.2, 0.25) is 0 Å². The van der Waals surface area contributed by atoms with Crippen LogP contribution in [-0.2, 0) is 0 Å². The Hall–Kier alpha value is -1.63. The minimum absolute atomic E-state index is 0.187. The van der Waals surface area contributed by atoms with Gasteiger partial charge in [0.2, 0.25) is 0 Å². The van der Waals surface area contributed by atoms with Crippen LogP contribution in [0.1, 0.15) is 0 Å². The first-order valence-corrected chi connectivity index (χ1v) is 6.35. The Morgan fingerprint density at radius 3 is 2.78 bits per heavy atom. The van der Waals surface area contributed by atoms with Crippen LogP contribution >= 0.6 is 22.6 Å². The fourth-order valence-electron chi connectivity index (χ4n) is 1.81. The van der Waals surface area contributed by atoms with Crippen LogP contribution in [0.5, 0.6) is 5.75 Å². The number of nitrogens with one attached hydrogen (secondary N) is 1. The zero-order valence-electron chi connectivity index (χ0n) is 9.11. The molecule has 0 aliphatic carbocycles. The van der Waals surface area contributed by atoms with E-state index in [0.29, 0.717) is 5.82 Å². The molecular weight excluding hydrogens is 346 g/mol. The molecule has 0 amide bonds. The number of benzene rings is 2. The fourth-order valence-corrected chi connectivity index (χ4v) is 2.54. The third kappa shape index (κ3) is 1.94. The molecule has 1 aromatic heterocycles. The summed E-state index contributed by atoms with van der Waals surface area (Å²) in [6, 6.07) is 9.49. The molecule has 0 aliphatic rings. The highest BCUT2D eigenvalue weighted by Crippen LogP contribution is 2.27. The molecule has 18 heavy (non-hydrogen) atoms. The van der Waals surface area contributed by atoms with Crippen molar-refractivity contribution in [3.05, 3.63) is 45.8 Å². The zero-order valence-corrected chi connectivity index (χ0v) is 11.3. The summed E-state index contributed by atoms with van der Waals surface area (Å²) in [4.78, 5) is 7.54. The van der Waals surface area contributed by atoms with Crippen molar-refractivity contribution in [2.75, 3.05) is 0 Å². The van der Waals surface area contributed by atoms with E-state index in [1.54, 1.807) is 24.3 Å². The number of aromatic hydroxyl groups is 1. The number of imidazole rings is 1. The van der Waals surface area contributed by atoms with Crippen molar-refractivity contribution in [3.63, 3.8) is 0 Å². The van der Waals surface area contributed by atoms with Gasteiger partial charge in [0.05, 0.1) is 11.0 Å². The molecule has 0 fully saturated rings. The van der Waals surface area contributed by atoms with Gasteiger partial charge in [0, 0.05) is 15.2 Å². The summed E-state index contributed by atoms with van der Waals surface area (Å²) in [6.45, 7) is 0. The summed E-state index contributed by atoms with van der Waals surface area (Å²) in [5, 5.41) is 9.40. The highest BCUT2D eigenvalue weighted by atomic mass is 127. The van der Waals surface area contributed by atoms with Crippen LogP contribution in [0.4, 0.5) is 4.39 Å².